The highest BCUT2D eigenvalue weighted by Gasteiger charge is 2.44. The van der Waals surface area contributed by atoms with E-state index in [-0.39, 0.29) is 12.8 Å². The number of carbonyl (C=O) groups excluding carboxylic acids is 1. The van der Waals surface area contributed by atoms with E-state index in [0.29, 0.717) is 12.8 Å². The van der Waals surface area contributed by atoms with Gasteiger partial charge >= 0.3 is 0 Å². The summed E-state index contributed by atoms with van der Waals surface area (Å²) in [4.78, 5) is 13.1. The minimum Gasteiger partial charge on any atom is -0.394 e. The van der Waals surface area contributed by atoms with E-state index in [1.807, 2.05) is 0 Å². The van der Waals surface area contributed by atoms with Crippen molar-refractivity contribution in [1.82, 2.24) is 5.32 Å². The van der Waals surface area contributed by atoms with Crippen LogP contribution in [0.5, 0.6) is 0 Å². The van der Waals surface area contributed by atoms with Crippen LogP contribution in [0.15, 0.2) is 12.2 Å². The summed E-state index contributed by atoms with van der Waals surface area (Å²) in [5.74, 6) is -0.705. The molecular weight excluding hydrogens is 727 g/mol. The van der Waals surface area contributed by atoms with E-state index < -0.39 is 74.2 Å². The van der Waals surface area contributed by atoms with E-state index in [9.17, 15) is 40.5 Å². The molecule has 1 saturated heterocycles. The van der Waals surface area contributed by atoms with Gasteiger partial charge in [0.25, 0.3) is 0 Å². The van der Waals surface area contributed by atoms with Gasteiger partial charge in [-0.1, -0.05) is 180 Å². The average Bonchev–Trinajstić information content (AvgIpc) is 3.21. The lowest BCUT2D eigenvalue weighted by Crippen LogP contribution is -2.60. The van der Waals surface area contributed by atoms with E-state index in [0.717, 1.165) is 38.5 Å². The first-order chi connectivity index (χ1) is 27.7. The number of hydrogen-bond acceptors (Lipinski definition) is 10. The van der Waals surface area contributed by atoms with Gasteiger partial charge in [-0.25, -0.2) is 0 Å². The maximum atomic E-state index is 13.1. The van der Waals surface area contributed by atoms with Gasteiger partial charge in [-0.15, -0.1) is 0 Å². The van der Waals surface area contributed by atoms with Crippen molar-refractivity contribution in [2.75, 3.05) is 13.2 Å². The van der Waals surface area contributed by atoms with Crippen LogP contribution in [0.25, 0.3) is 0 Å². The Bertz CT molecular complexity index is 939. The van der Waals surface area contributed by atoms with Gasteiger partial charge in [0.05, 0.1) is 25.4 Å². The second-order valence-electron chi connectivity index (χ2n) is 16.8. The SMILES string of the molecule is CCCCCCCCCCC/C=C/CCCC(O)C(O)C(COC1OC(CO)C(O)C(O)C1O)NC(=O)C(O)CCCCCCCCCCCCCCCCCC. The number of nitrogens with one attached hydrogen (secondary N) is 1. The first kappa shape index (κ1) is 53.9. The highest BCUT2D eigenvalue weighted by molar-refractivity contribution is 5.80. The zero-order chi connectivity index (χ0) is 41.9. The Hall–Kier alpha value is -1.15. The molecule has 0 aromatic rings. The quantitative estimate of drug-likeness (QED) is 0.0226. The van der Waals surface area contributed by atoms with Crippen LogP contribution in [-0.4, -0.2) is 110 Å². The molecule has 0 aromatic carbocycles. The van der Waals surface area contributed by atoms with E-state index >= 15 is 0 Å². The number of ether oxygens (including phenoxy) is 2. The molecule has 57 heavy (non-hydrogen) atoms. The Labute approximate surface area is 347 Å². The lowest BCUT2D eigenvalue weighted by molar-refractivity contribution is -0.303. The molecule has 0 bridgehead atoms. The van der Waals surface area contributed by atoms with Crippen molar-refractivity contribution in [2.45, 2.75) is 262 Å². The molecule has 1 rings (SSSR count). The molecule has 9 unspecified atom stereocenters. The summed E-state index contributed by atoms with van der Waals surface area (Å²) in [5.41, 5.74) is 0. The van der Waals surface area contributed by atoms with E-state index in [2.05, 4.69) is 31.3 Å². The first-order valence-electron chi connectivity index (χ1n) is 23.6. The topological polar surface area (TPSA) is 189 Å². The molecule has 0 aromatic heterocycles. The number of aliphatic hydroxyl groups excluding tert-OH is 7. The van der Waals surface area contributed by atoms with Crippen LogP contribution in [0.4, 0.5) is 0 Å². The molecule has 1 aliphatic heterocycles. The fraction of sp³-hybridized carbons (Fsp3) is 0.935. The van der Waals surface area contributed by atoms with Crippen molar-refractivity contribution in [3.8, 4) is 0 Å². The van der Waals surface area contributed by atoms with Gasteiger partial charge in [0.1, 0.15) is 36.6 Å². The summed E-state index contributed by atoms with van der Waals surface area (Å²) < 4.78 is 11.1. The smallest absolute Gasteiger partial charge is 0.249 e. The highest BCUT2D eigenvalue weighted by Crippen LogP contribution is 2.23. The number of rotatable bonds is 39. The van der Waals surface area contributed by atoms with Crippen molar-refractivity contribution in [3.63, 3.8) is 0 Å². The molecule has 338 valence electrons. The lowest BCUT2D eigenvalue weighted by Gasteiger charge is -2.40. The predicted molar refractivity (Wildman–Crippen MR) is 229 cm³/mol. The molecule has 1 heterocycles. The fourth-order valence-electron chi connectivity index (χ4n) is 7.62. The molecule has 1 aliphatic rings. The molecule has 0 spiro atoms. The number of aliphatic hydroxyl groups is 7. The third-order valence-electron chi connectivity index (χ3n) is 11.6. The van der Waals surface area contributed by atoms with Crippen molar-refractivity contribution < 1.29 is 50.0 Å². The normalized spacial score (nSPS) is 22.2. The summed E-state index contributed by atoms with van der Waals surface area (Å²) in [6.45, 7) is 3.42. The van der Waals surface area contributed by atoms with Crippen LogP contribution in [0, 0.1) is 0 Å². The summed E-state index contributed by atoms with van der Waals surface area (Å²) in [5, 5.41) is 75.6. The Morgan fingerprint density at radius 3 is 1.51 bits per heavy atom. The number of unbranched alkanes of at least 4 members (excludes halogenated alkanes) is 25. The summed E-state index contributed by atoms with van der Waals surface area (Å²) >= 11 is 0. The molecule has 1 amide bonds. The molecular formula is C46H89NO10. The number of hydrogen-bond donors (Lipinski definition) is 8. The molecule has 0 saturated carbocycles. The third kappa shape index (κ3) is 26.6. The van der Waals surface area contributed by atoms with Crippen LogP contribution in [0.2, 0.25) is 0 Å². The van der Waals surface area contributed by atoms with Gasteiger partial charge in [-0.2, -0.15) is 0 Å². The molecule has 0 radical (unpaired) electrons. The third-order valence-corrected chi connectivity index (χ3v) is 11.6. The van der Waals surface area contributed by atoms with Gasteiger partial charge in [0.15, 0.2) is 6.29 Å². The van der Waals surface area contributed by atoms with Crippen LogP contribution >= 0.6 is 0 Å². The number of carbonyl (C=O) groups is 1. The van der Waals surface area contributed by atoms with Crippen LogP contribution in [-0.2, 0) is 14.3 Å². The Morgan fingerprint density at radius 1 is 0.596 bits per heavy atom. The Kier molecular flexibility index (Phi) is 34.7. The summed E-state index contributed by atoms with van der Waals surface area (Å²) in [6, 6.07) is -1.18. The summed E-state index contributed by atoms with van der Waals surface area (Å²) in [7, 11) is 0. The molecule has 8 N–H and O–H groups in total. The maximum absolute atomic E-state index is 13.1. The fourth-order valence-corrected chi connectivity index (χ4v) is 7.62. The van der Waals surface area contributed by atoms with E-state index in [4.69, 9.17) is 9.47 Å². The number of allylic oxidation sites excluding steroid dienone is 2. The van der Waals surface area contributed by atoms with Gasteiger partial charge in [-0.3, -0.25) is 4.79 Å². The van der Waals surface area contributed by atoms with E-state index in [1.54, 1.807) is 0 Å². The molecule has 11 nitrogen and oxygen atoms in total. The first-order valence-corrected chi connectivity index (χ1v) is 23.6. The largest absolute Gasteiger partial charge is 0.394 e. The predicted octanol–water partition coefficient (Wildman–Crippen LogP) is 7.67. The van der Waals surface area contributed by atoms with E-state index in [1.165, 1.54) is 128 Å². The van der Waals surface area contributed by atoms with Gasteiger partial charge < -0.3 is 50.5 Å². The van der Waals surface area contributed by atoms with Crippen molar-refractivity contribution in [3.05, 3.63) is 12.2 Å². The van der Waals surface area contributed by atoms with Crippen molar-refractivity contribution in [1.29, 1.82) is 0 Å². The van der Waals surface area contributed by atoms with Crippen LogP contribution < -0.4 is 5.32 Å². The number of amides is 1. The monoisotopic (exact) mass is 816 g/mol. The maximum Gasteiger partial charge on any atom is 0.249 e. The summed E-state index contributed by atoms with van der Waals surface area (Å²) in [6.07, 6.45) is 26.9. The minimum atomic E-state index is -1.66. The van der Waals surface area contributed by atoms with Crippen LogP contribution in [0.3, 0.4) is 0 Å². The minimum absolute atomic E-state index is 0.259. The zero-order valence-electron chi connectivity index (χ0n) is 36.3. The van der Waals surface area contributed by atoms with Crippen molar-refractivity contribution >= 4 is 5.91 Å². The van der Waals surface area contributed by atoms with Gasteiger partial charge in [0, 0.05) is 0 Å². The van der Waals surface area contributed by atoms with Crippen molar-refractivity contribution in [2.24, 2.45) is 0 Å². The Morgan fingerprint density at radius 2 is 1.04 bits per heavy atom. The second-order valence-corrected chi connectivity index (χ2v) is 16.8. The lowest BCUT2D eigenvalue weighted by atomic mass is 9.98. The molecule has 11 heteroatoms. The molecule has 1 fully saturated rings. The second kappa shape index (κ2) is 36.7. The Balaban J connectivity index is 2.46. The standard InChI is InChI=1S/C46H89NO10/c1-3-5-7-9-11-13-15-17-19-20-22-24-26-28-30-32-34-39(50)45(55)47-37(36-56-46-44(54)43(53)42(52)40(35-48)57-46)41(51)38(49)33-31-29-27-25-23-21-18-16-14-12-10-8-6-4-2/h25,27,37-44,46,48-54H,3-24,26,28-36H2,1-2H3,(H,47,55)/b27-25+. The van der Waals surface area contributed by atoms with Gasteiger partial charge in [0.2, 0.25) is 5.91 Å². The zero-order valence-corrected chi connectivity index (χ0v) is 36.3. The highest BCUT2D eigenvalue weighted by atomic mass is 16.7. The average molecular weight is 816 g/mol. The molecule has 9 atom stereocenters. The molecule has 0 aliphatic carbocycles. The van der Waals surface area contributed by atoms with Gasteiger partial charge in [-0.05, 0) is 38.5 Å². The van der Waals surface area contributed by atoms with Crippen LogP contribution in [0.1, 0.15) is 206 Å².